The van der Waals surface area contributed by atoms with Crippen molar-refractivity contribution in [2.45, 2.75) is 26.2 Å². The van der Waals surface area contributed by atoms with Gasteiger partial charge in [-0.3, -0.25) is 0 Å². The smallest absolute Gasteiger partial charge is 0.137 e. The Labute approximate surface area is 270 Å². The molecular weight excluding hydrogens is 558 g/mol. The summed E-state index contributed by atoms with van der Waals surface area (Å²) in [7, 11) is 0. The van der Waals surface area contributed by atoms with Crippen molar-refractivity contribution in [3.8, 4) is 22.3 Å². The first-order chi connectivity index (χ1) is 22.4. The molecule has 0 atom stereocenters. The molecule has 0 radical (unpaired) electrons. The zero-order chi connectivity index (χ0) is 31.3. The van der Waals surface area contributed by atoms with Gasteiger partial charge in [-0.15, -0.1) is 0 Å². The molecule has 0 saturated carbocycles. The fraction of sp³-hybridized carbons (Fsp3) is 0.0909. The Morgan fingerprint density at radius 1 is 0.457 bits per heavy atom. The summed E-state index contributed by atoms with van der Waals surface area (Å²) in [4.78, 5) is 2.38. The van der Waals surface area contributed by atoms with Crippen LogP contribution in [-0.4, -0.2) is 0 Å². The minimum atomic E-state index is 0.0581. The van der Waals surface area contributed by atoms with Crippen molar-refractivity contribution in [3.63, 3.8) is 0 Å². The van der Waals surface area contributed by atoms with Gasteiger partial charge in [0.15, 0.2) is 0 Å². The first-order valence-corrected chi connectivity index (χ1v) is 15.9. The highest BCUT2D eigenvalue weighted by molar-refractivity contribution is 6.08. The van der Waals surface area contributed by atoms with E-state index in [1.54, 1.807) is 0 Å². The summed E-state index contributed by atoms with van der Waals surface area (Å²) in [5.74, 6) is 0. The molecule has 8 aromatic rings. The van der Waals surface area contributed by atoms with Crippen molar-refractivity contribution in [2.24, 2.45) is 0 Å². The van der Waals surface area contributed by atoms with Crippen molar-refractivity contribution in [2.75, 3.05) is 4.90 Å². The Morgan fingerprint density at radius 2 is 1.11 bits per heavy atom. The average molecular weight is 594 g/mol. The summed E-state index contributed by atoms with van der Waals surface area (Å²) in [6.07, 6.45) is 0. The van der Waals surface area contributed by atoms with Crippen molar-refractivity contribution >= 4 is 49.8 Å². The molecule has 0 aliphatic rings. The molecule has 2 nitrogen and oxygen atoms in total. The Balaban J connectivity index is 1.39. The van der Waals surface area contributed by atoms with Crippen LogP contribution in [0.1, 0.15) is 26.3 Å². The number of anilines is 3. The molecule has 0 amide bonds. The number of nitrogens with zero attached hydrogens (tertiary/aromatic N) is 1. The second kappa shape index (κ2) is 11.1. The molecule has 2 heteroatoms. The van der Waals surface area contributed by atoms with Gasteiger partial charge in [-0.05, 0) is 80.9 Å². The zero-order valence-electron chi connectivity index (χ0n) is 26.4. The van der Waals surface area contributed by atoms with E-state index in [-0.39, 0.29) is 5.41 Å². The summed E-state index contributed by atoms with van der Waals surface area (Å²) in [5, 5.41) is 4.68. The summed E-state index contributed by atoms with van der Waals surface area (Å²) < 4.78 is 6.40. The second-order valence-corrected chi connectivity index (χ2v) is 13.0. The van der Waals surface area contributed by atoms with Crippen LogP contribution in [0.4, 0.5) is 17.1 Å². The van der Waals surface area contributed by atoms with Crippen LogP contribution in [0.2, 0.25) is 0 Å². The van der Waals surface area contributed by atoms with Gasteiger partial charge in [-0.2, -0.15) is 0 Å². The van der Waals surface area contributed by atoms with E-state index < -0.39 is 0 Å². The van der Waals surface area contributed by atoms with E-state index >= 15 is 0 Å². The molecule has 7 aromatic carbocycles. The van der Waals surface area contributed by atoms with Crippen LogP contribution < -0.4 is 4.90 Å². The third-order valence-corrected chi connectivity index (χ3v) is 9.02. The van der Waals surface area contributed by atoms with E-state index in [1.807, 2.05) is 12.1 Å². The molecule has 0 spiro atoms. The molecule has 8 rings (SSSR count). The molecule has 0 fully saturated rings. The number of rotatable bonds is 5. The van der Waals surface area contributed by atoms with Crippen molar-refractivity contribution in [1.82, 2.24) is 0 Å². The Morgan fingerprint density at radius 3 is 1.91 bits per heavy atom. The second-order valence-electron chi connectivity index (χ2n) is 13.0. The van der Waals surface area contributed by atoms with Crippen molar-refractivity contribution < 1.29 is 4.42 Å². The number of furan rings is 1. The van der Waals surface area contributed by atoms with E-state index in [1.165, 1.54) is 38.6 Å². The van der Waals surface area contributed by atoms with Gasteiger partial charge in [0.1, 0.15) is 11.2 Å². The molecule has 46 heavy (non-hydrogen) atoms. The first kappa shape index (κ1) is 27.9. The summed E-state index contributed by atoms with van der Waals surface area (Å²) in [5.41, 5.74) is 11.2. The van der Waals surface area contributed by atoms with Gasteiger partial charge in [0.25, 0.3) is 0 Å². The third kappa shape index (κ3) is 4.93. The van der Waals surface area contributed by atoms with E-state index in [9.17, 15) is 0 Å². The maximum atomic E-state index is 6.40. The van der Waals surface area contributed by atoms with E-state index in [2.05, 4.69) is 171 Å². The summed E-state index contributed by atoms with van der Waals surface area (Å²) in [6, 6.07) is 56.7. The lowest BCUT2D eigenvalue weighted by Gasteiger charge is -2.29. The lowest BCUT2D eigenvalue weighted by atomic mass is 9.87. The highest BCUT2D eigenvalue weighted by Crippen LogP contribution is 2.46. The van der Waals surface area contributed by atoms with Gasteiger partial charge in [-0.25, -0.2) is 0 Å². The van der Waals surface area contributed by atoms with Gasteiger partial charge in [0.05, 0.1) is 5.69 Å². The Kier molecular flexibility index (Phi) is 6.73. The minimum Gasteiger partial charge on any atom is -0.456 e. The zero-order valence-corrected chi connectivity index (χ0v) is 26.4. The van der Waals surface area contributed by atoms with Crippen LogP contribution in [0.5, 0.6) is 0 Å². The van der Waals surface area contributed by atoms with Crippen LogP contribution in [0.25, 0.3) is 55.0 Å². The molecule has 0 saturated heterocycles. The van der Waals surface area contributed by atoms with Gasteiger partial charge >= 0.3 is 0 Å². The van der Waals surface area contributed by atoms with Crippen LogP contribution in [-0.2, 0) is 5.41 Å². The SMILES string of the molecule is CC(C)(C)c1ccc(N(c2ccc3c(c2)oc2ccccc23)c2ccc3ccccc3c2-c2cccc(-c3ccccc3)c2)cc1. The largest absolute Gasteiger partial charge is 0.456 e. The molecule has 0 aliphatic carbocycles. The Bertz CT molecular complexity index is 2340. The average Bonchev–Trinajstić information content (AvgIpc) is 3.46. The minimum absolute atomic E-state index is 0.0581. The lowest BCUT2D eigenvalue weighted by Crippen LogP contribution is -2.14. The maximum Gasteiger partial charge on any atom is 0.137 e. The van der Waals surface area contributed by atoms with Crippen molar-refractivity contribution in [1.29, 1.82) is 0 Å². The van der Waals surface area contributed by atoms with Gasteiger partial charge in [0.2, 0.25) is 0 Å². The van der Waals surface area contributed by atoms with Gasteiger partial charge in [-0.1, -0.05) is 130 Å². The molecule has 0 unspecified atom stereocenters. The van der Waals surface area contributed by atoms with Crippen LogP contribution in [0.15, 0.2) is 162 Å². The number of benzene rings is 7. The normalized spacial score (nSPS) is 11.8. The summed E-state index contributed by atoms with van der Waals surface area (Å²) in [6.45, 7) is 6.78. The predicted molar refractivity (Wildman–Crippen MR) is 195 cm³/mol. The quantitative estimate of drug-likeness (QED) is 0.197. The molecule has 222 valence electrons. The van der Waals surface area contributed by atoms with E-state index in [0.29, 0.717) is 0 Å². The monoisotopic (exact) mass is 593 g/mol. The first-order valence-electron chi connectivity index (χ1n) is 15.9. The van der Waals surface area contributed by atoms with E-state index in [4.69, 9.17) is 4.42 Å². The number of hydrogen-bond donors (Lipinski definition) is 0. The number of fused-ring (bicyclic) bond motifs is 4. The maximum absolute atomic E-state index is 6.40. The van der Waals surface area contributed by atoms with Crippen LogP contribution in [0, 0.1) is 0 Å². The topological polar surface area (TPSA) is 16.4 Å². The molecule has 0 N–H and O–H groups in total. The van der Waals surface area contributed by atoms with Crippen LogP contribution >= 0.6 is 0 Å². The van der Waals surface area contributed by atoms with Crippen molar-refractivity contribution in [3.05, 3.63) is 163 Å². The highest BCUT2D eigenvalue weighted by Gasteiger charge is 2.22. The molecule has 0 aliphatic heterocycles. The van der Waals surface area contributed by atoms with Crippen LogP contribution in [0.3, 0.4) is 0 Å². The highest BCUT2D eigenvalue weighted by atomic mass is 16.3. The fourth-order valence-electron chi connectivity index (χ4n) is 6.63. The lowest BCUT2D eigenvalue weighted by molar-refractivity contribution is 0.590. The number of para-hydroxylation sites is 1. The van der Waals surface area contributed by atoms with Gasteiger partial charge < -0.3 is 9.32 Å². The molecule has 0 bridgehead atoms. The third-order valence-electron chi connectivity index (χ3n) is 9.02. The predicted octanol–water partition coefficient (Wildman–Crippen LogP) is 12.8. The van der Waals surface area contributed by atoms with E-state index in [0.717, 1.165) is 39.0 Å². The summed E-state index contributed by atoms with van der Waals surface area (Å²) >= 11 is 0. The number of hydrogen-bond acceptors (Lipinski definition) is 2. The molecular formula is C44H35NO. The van der Waals surface area contributed by atoms with Gasteiger partial charge in [0, 0.05) is 33.8 Å². The standard InChI is InChI=1S/C44H35NO/c1-44(2,3)34-21-23-35(24-22-34)45(36-25-26-39-38-18-9-10-19-41(38)46-42(39)29-36)40-27-20-31-14-7-8-17-37(31)43(40)33-16-11-15-32(28-33)30-12-5-4-6-13-30/h4-29H,1-3H3. The fourth-order valence-corrected chi connectivity index (χ4v) is 6.63. The Hall–Kier alpha value is -5.60. The molecule has 1 heterocycles. The molecule has 1 aromatic heterocycles.